The number of nitrogens with one attached hydrogen (secondary N) is 2. The summed E-state index contributed by atoms with van der Waals surface area (Å²) >= 11 is 0. The fraction of sp³-hybridized carbons (Fsp3) is 0.600. The van der Waals surface area contributed by atoms with Gasteiger partial charge in [-0.25, -0.2) is 17.6 Å². The number of halogens is 1. The zero-order valence-corrected chi connectivity index (χ0v) is 28.6. The predicted octanol–water partition coefficient (Wildman–Crippen LogP) is 2.36. The van der Waals surface area contributed by atoms with E-state index in [-0.39, 0.29) is 57.7 Å². The van der Waals surface area contributed by atoms with E-state index in [0.29, 0.717) is 43.2 Å². The quantitative estimate of drug-likeness (QED) is 0.341. The number of amides is 4. The average Bonchev–Trinajstić information content (AvgIpc) is 3.95. The minimum Gasteiger partial charge on any atom is -0.444 e. The first-order valence-electron chi connectivity index (χ1n) is 17.4. The lowest BCUT2D eigenvalue weighted by atomic mass is 9.92. The van der Waals surface area contributed by atoms with Crippen molar-refractivity contribution in [1.29, 1.82) is 0 Å². The molecule has 0 unspecified atom stereocenters. The Hall–Kier alpha value is -4.07. The van der Waals surface area contributed by atoms with E-state index in [9.17, 15) is 41.9 Å². The van der Waals surface area contributed by atoms with Crippen LogP contribution in [0.5, 0.6) is 0 Å². The maximum Gasteiger partial charge on any atom is 0.410 e. The van der Waals surface area contributed by atoms with Crippen LogP contribution < -0.4 is 10.0 Å². The summed E-state index contributed by atoms with van der Waals surface area (Å²) in [5, 5.41) is 11.4. The summed E-state index contributed by atoms with van der Waals surface area (Å²) in [5.41, 5.74) is 2.51. The standard InChI is InChI=1S/C35H43FN4O9S/c36-29-11-7-9-23-19-39(21-28(23)29)34(46)49-26-17-30-31(43)37-35(33(45)38-50(47,48)27-12-13-27)18-24(35)10-6-4-2-1-3-5-8-22(16-25(42)14-15-41)32(44)40(30)20-26/h4,7,9-11,22,24,26-27,30,41H,1-3,5,8,12-21H2,(H,37,43)(H,38,45)/t6?,22-,24-,26-,30+,35-/m1/s1. The largest absolute Gasteiger partial charge is 0.444 e. The second kappa shape index (κ2) is 14.7. The zero-order chi connectivity index (χ0) is 35.6. The van der Waals surface area contributed by atoms with Crippen molar-refractivity contribution in [3.63, 3.8) is 0 Å². The molecule has 15 heteroatoms. The highest BCUT2D eigenvalue weighted by Gasteiger charge is 2.62. The summed E-state index contributed by atoms with van der Waals surface area (Å²) in [6.07, 6.45) is 5.61. The number of hydrogen-bond acceptors (Lipinski definition) is 9. The monoisotopic (exact) mass is 714 g/mol. The van der Waals surface area contributed by atoms with Gasteiger partial charge >= 0.3 is 6.09 Å². The predicted molar refractivity (Wildman–Crippen MR) is 176 cm³/mol. The Kier molecular flexibility index (Phi) is 10.5. The summed E-state index contributed by atoms with van der Waals surface area (Å²) in [6.45, 7) is -0.396. The van der Waals surface area contributed by atoms with E-state index < -0.39 is 74.4 Å². The third-order valence-corrected chi connectivity index (χ3v) is 12.1. The fourth-order valence-electron chi connectivity index (χ4n) is 7.17. The Balaban J connectivity index is 1.25. The molecule has 1 aromatic rings. The molecule has 5 atom stereocenters. The highest BCUT2D eigenvalue weighted by Crippen LogP contribution is 2.46. The number of sulfonamides is 1. The third kappa shape index (κ3) is 7.79. The van der Waals surface area contributed by atoms with Gasteiger partial charge in [-0.15, -0.1) is 5.73 Å². The first-order chi connectivity index (χ1) is 23.9. The summed E-state index contributed by atoms with van der Waals surface area (Å²) in [7, 11) is -3.93. The lowest BCUT2D eigenvalue weighted by Gasteiger charge is -2.29. The van der Waals surface area contributed by atoms with E-state index in [1.807, 2.05) is 6.08 Å². The second-order valence-electron chi connectivity index (χ2n) is 14.0. The van der Waals surface area contributed by atoms with E-state index in [4.69, 9.17) is 4.74 Å². The number of rotatable bonds is 8. The summed E-state index contributed by atoms with van der Waals surface area (Å²) in [5.74, 6) is -4.16. The van der Waals surface area contributed by atoms with Gasteiger partial charge in [-0.3, -0.25) is 28.8 Å². The highest BCUT2D eigenvalue weighted by molar-refractivity contribution is 7.91. The number of nitrogens with zero attached hydrogens (tertiary/aromatic N) is 2. The number of benzene rings is 1. The van der Waals surface area contributed by atoms with Crippen LogP contribution in [0.4, 0.5) is 9.18 Å². The van der Waals surface area contributed by atoms with Crippen LogP contribution in [-0.2, 0) is 47.0 Å². The normalized spacial score (nSPS) is 28.4. The summed E-state index contributed by atoms with van der Waals surface area (Å²) < 4.78 is 47.8. The van der Waals surface area contributed by atoms with Crippen molar-refractivity contribution < 1.29 is 46.6 Å². The fourth-order valence-corrected chi connectivity index (χ4v) is 8.53. The van der Waals surface area contributed by atoms with E-state index >= 15 is 0 Å². The van der Waals surface area contributed by atoms with Crippen LogP contribution in [0.15, 0.2) is 36.1 Å². The van der Waals surface area contributed by atoms with E-state index in [1.165, 1.54) is 15.9 Å². The van der Waals surface area contributed by atoms with Gasteiger partial charge in [0, 0.05) is 49.8 Å². The van der Waals surface area contributed by atoms with Gasteiger partial charge in [0.1, 0.15) is 29.3 Å². The van der Waals surface area contributed by atoms with Crippen LogP contribution in [0.2, 0.25) is 0 Å². The van der Waals surface area contributed by atoms with Crippen molar-refractivity contribution in [3.8, 4) is 0 Å². The maximum absolute atomic E-state index is 14.4. The average molecular weight is 715 g/mol. The van der Waals surface area contributed by atoms with Gasteiger partial charge < -0.3 is 20.1 Å². The number of Topliss-reactive ketones (excluding diaryl/α,β-unsaturated/α-hetero) is 1. The molecule has 0 radical (unpaired) electrons. The van der Waals surface area contributed by atoms with Crippen LogP contribution >= 0.6 is 0 Å². The van der Waals surface area contributed by atoms with E-state index in [0.717, 1.165) is 12.8 Å². The number of fused-ring (bicyclic) bond motifs is 3. The van der Waals surface area contributed by atoms with Gasteiger partial charge in [-0.2, -0.15) is 0 Å². The van der Waals surface area contributed by atoms with Gasteiger partial charge in [0.25, 0.3) is 5.91 Å². The molecule has 5 aliphatic rings. The molecule has 0 spiro atoms. The van der Waals surface area contributed by atoms with Gasteiger partial charge in [0.2, 0.25) is 21.8 Å². The molecule has 2 aliphatic carbocycles. The van der Waals surface area contributed by atoms with Crippen molar-refractivity contribution in [1.82, 2.24) is 19.8 Å². The van der Waals surface area contributed by atoms with Gasteiger partial charge in [0.05, 0.1) is 18.3 Å². The van der Waals surface area contributed by atoms with E-state index in [2.05, 4.69) is 15.8 Å². The van der Waals surface area contributed by atoms with Crippen molar-refractivity contribution in [2.24, 2.45) is 11.8 Å². The molecular formula is C35H43FN4O9S. The molecule has 270 valence electrons. The molecule has 4 amide bonds. The molecule has 0 aromatic heterocycles. The molecule has 3 heterocycles. The van der Waals surface area contributed by atoms with Crippen LogP contribution in [-0.4, -0.2) is 89.0 Å². The maximum atomic E-state index is 14.4. The Morgan fingerprint density at radius 2 is 1.92 bits per heavy atom. The topological polar surface area (TPSA) is 179 Å². The van der Waals surface area contributed by atoms with Crippen molar-refractivity contribution >= 4 is 39.6 Å². The Morgan fingerprint density at radius 1 is 1.12 bits per heavy atom. The van der Waals surface area contributed by atoms with Crippen LogP contribution in [0.25, 0.3) is 0 Å². The number of ether oxygens (including phenoxy) is 1. The smallest absolute Gasteiger partial charge is 0.410 e. The van der Waals surface area contributed by atoms with Gasteiger partial charge in [-0.05, 0) is 62.3 Å². The molecular weight excluding hydrogens is 671 g/mol. The molecule has 3 fully saturated rings. The lowest BCUT2D eigenvalue weighted by molar-refractivity contribution is -0.144. The Morgan fingerprint density at radius 3 is 2.66 bits per heavy atom. The number of carbonyl (C=O) groups is 5. The molecule has 2 saturated carbocycles. The minimum absolute atomic E-state index is 0.0000879. The van der Waals surface area contributed by atoms with Crippen molar-refractivity contribution in [2.45, 2.75) is 107 Å². The summed E-state index contributed by atoms with van der Waals surface area (Å²) in [4.78, 5) is 70.5. The number of ketones is 1. The Labute approximate surface area is 290 Å². The molecule has 0 bridgehead atoms. The summed E-state index contributed by atoms with van der Waals surface area (Å²) in [6, 6.07) is 3.39. The molecule has 50 heavy (non-hydrogen) atoms. The number of hydrogen-bond donors (Lipinski definition) is 3. The van der Waals surface area contributed by atoms with Crippen molar-refractivity contribution in [2.75, 3.05) is 13.2 Å². The van der Waals surface area contributed by atoms with E-state index in [1.54, 1.807) is 18.2 Å². The van der Waals surface area contributed by atoms with Crippen LogP contribution in [0.1, 0.15) is 81.8 Å². The SMILES string of the molecule is O=C(CCO)C[C@H]1CCCCCC=C=C[C@@H]2C[C@@]2(C(=O)NS(=O)(=O)C2CC2)NC(=O)[C@@H]2C[C@@H](OC(=O)N3Cc4cccc(F)c4C3)CN2C1=O. The third-order valence-electron chi connectivity index (χ3n) is 10.3. The first-order valence-corrected chi connectivity index (χ1v) is 18.9. The molecule has 13 nitrogen and oxygen atoms in total. The van der Waals surface area contributed by atoms with Crippen LogP contribution in [0, 0.1) is 17.7 Å². The minimum atomic E-state index is -3.93. The molecule has 1 aromatic carbocycles. The second-order valence-corrected chi connectivity index (χ2v) is 16.0. The number of aliphatic hydroxyl groups is 1. The Bertz CT molecular complexity index is 1720. The van der Waals surface area contributed by atoms with Gasteiger partial charge in [-0.1, -0.05) is 25.0 Å². The first kappa shape index (κ1) is 35.7. The highest BCUT2D eigenvalue weighted by atomic mass is 32.2. The zero-order valence-electron chi connectivity index (χ0n) is 27.8. The van der Waals surface area contributed by atoms with Crippen molar-refractivity contribution in [3.05, 3.63) is 53.0 Å². The number of carbonyl (C=O) groups excluding carboxylic acids is 5. The van der Waals surface area contributed by atoms with Gasteiger partial charge in [0.15, 0.2) is 0 Å². The lowest BCUT2D eigenvalue weighted by Crippen LogP contribution is -2.57. The molecule has 6 rings (SSSR count). The molecule has 3 aliphatic heterocycles. The molecule has 3 N–H and O–H groups in total. The number of aliphatic hydroxyl groups excluding tert-OH is 1. The molecule has 1 saturated heterocycles. The van der Waals surface area contributed by atoms with Crippen LogP contribution in [0.3, 0.4) is 0 Å².